The molecule has 3 aromatic carbocycles. The minimum absolute atomic E-state index is 0.0113. The summed E-state index contributed by atoms with van der Waals surface area (Å²) in [6, 6.07) is 24.8. The smallest absolute Gasteiger partial charge is 0.266 e. The quantitative estimate of drug-likeness (QED) is 0.457. The number of ether oxygens (including phenoxy) is 1. The van der Waals surface area contributed by atoms with E-state index in [1.165, 1.54) is 5.56 Å². The lowest BCUT2D eigenvalue weighted by Gasteiger charge is -2.10. The monoisotopic (exact) mass is 382 g/mol. The molecule has 0 aliphatic carbocycles. The fraction of sp³-hybridized carbons (Fsp3) is 0.120. The van der Waals surface area contributed by atoms with Gasteiger partial charge in [-0.15, -0.1) is 0 Å². The summed E-state index contributed by atoms with van der Waals surface area (Å²) in [7, 11) is 0. The Morgan fingerprint density at radius 2 is 1.76 bits per heavy atom. The maximum atomic E-state index is 12.5. The van der Waals surface area contributed by atoms with Gasteiger partial charge in [0.1, 0.15) is 24.0 Å². The number of benzene rings is 3. The number of rotatable bonds is 6. The predicted octanol–water partition coefficient (Wildman–Crippen LogP) is 5.43. The van der Waals surface area contributed by atoms with Gasteiger partial charge in [0.15, 0.2) is 0 Å². The lowest BCUT2D eigenvalue weighted by molar-refractivity contribution is -0.112. The van der Waals surface area contributed by atoms with Crippen molar-refractivity contribution >= 4 is 17.7 Å². The van der Waals surface area contributed by atoms with Crippen molar-refractivity contribution in [1.82, 2.24) is 0 Å². The van der Waals surface area contributed by atoms with Crippen LogP contribution in [0.4, 0.5) is 5.69 Å². The zero-order valence-corrected chi connectivity index (χ0v) is 16.5. The molecule has 0 saturated heterocycles. The maximum absolute atomic E-state index is 12.5. The second kappa shape index (κ2) is 9.38. The first-order chi connectivity index (χ1) is 14.0. The van der Waals surface area contributed by atoms with E-state index in [1.807, 2.05) is 74.5 Å². The second-order valence-electron chi connectivity index (χ2n) is 6.81. The highest BCUT2D eigenvalue weighted by atomic mass is 16.5. The van der Waals surface area contributed by atoms with Gasteiger partial charge >= 0.3 is 0 Å². The van der Waals surface area contributed by atoms with Crippen LogP contribution in [-0.2, 0) is 11.4 Å². The van der Waals surface area contributed by atoms with Crippen molar-refractivity contribution in [1.29, 1.82) is 5.26 Å². The molecular weight excluding hydrogens is 360 g/mol. The molecule has 4 nitrogen and oxygen atoms in total. The van der Waals surface area contributed by atoms with Crippen molar-refractivity contribution in [3.05, 3.63) is 101 Å². The molecule has 0 aliphatic heterocycles. The van der Waals surface area contributed by atoms with Crippen LogP contribution < -0.4 is 10.1 Å². The highest BCUT2D eigenvalue weighted by molar-refractivity contribution is 6.09. The third kappa shape index (κ3) is 5.57. The van der Waals surface area contributed by atoms with Gasteiger partial charge in [-0.05, 0) is 43.7 Å². The largest absolute Gasteiger partial charge is 0.488 e. The number of anilines is 1. The predicted molar refractivity (Wildman–Crippen MR) is 115 cm³/mol. The zero-order chi connectivity index (χ0) is 20.6. The number of nitrogens with one attached hydrogen (secondary N) is 1. The molecule has 29 heavy (non-hydrogen) atoms. The standard InChI is InChI=1S/C25H22N2O2/c1-18-10-12-23(13-11-18)27-25(28)22(16-26)15-21-8-3-4-9-24(21)29-17-20-7-5-6-19(2)14-20/h3-15H,17H2,1-2H3,(H,27,28)/b22-15-. The lowest BCUT2D eigenvalue weighted by Crippen LogP contribution is -2.13. The van der Waals surface area contributed by atoms with Gasteiger partial charge in [-0.1, -0.05) is 65.7 Å². The summed E-state index contributed by atoms with van der Waals surface area (Å²) in [6.07, 6.45) is 1.55. The number of nitrogens with zero attached hydrogens (tertiary/aromatic N) is 1. The van der Waals surface area contributed by atoms with Crippen LogP contribution in [0.1, 0.15) is 22.3 Å². The van der Waals surface area contributed by atoms with Crippen LogP contribution in [0.15, 0.2) is 78.4 Å². The van der Waals surface area contributed by atoms with Crippen molar-refractivity contribution in [2.24, 2.45) is 0 Å². The first kappa shape index (κ1) is 19.9. The third-order valence-corrected chi connectivity index (χ3v) is 4.37. The molecule has 0 saturated carbocycles. The van der Waals surface area contributed by atoms with Crippen LogP contribution in [0.5, 0.6) is 5.75 Å². The number of hydrogen-bond acceptors (Lipinski definition) is 3. The number of aryl methyl sites for hydroxylation is 2. The summed E-state index contributed by atoms with van der Waals surface area (Å²) in [4.78, 5) is 12.5. The van der Waals surface area contributed by atoms with Crippen molar-refractivity contribution in [2.75, 3.05) is 5.32 Å². The van der Waals surface area contributed by atoms with E-state index in [9.17, 15) is 10.1 Å². The van der Waals surface area contributed by atoms with Crippen LogP contribution in [-0.4, -0.2) is 5.91 Å². The molecule has 0 radical (unpaired) electrons. The number of amides is 1. The number of carbonyl (C=O) groups is 1. The van der Waals surface area contributed by atoms with E-state index in [-0.39, 0.29) is 5.57 Å². The molecule has 0 unspecified atom stereocenters. The van der Waals surface area contributed by atoms with Crippen LogP contribution in [0.25, 0.3) is 6.08 Å². The average molecular weight is 382 g/mol. The van der Waals surface area contributed by atoms with Gasteiger partial charge in [-0.2, -0.15) is 5.26 Å². The molecule has 0 atom stereocenters. The Kier molecular flexibility index (Phi) is 6.44. The molecular formula is C25H22N2O2. The maximum Gasteiger partial charge on any atom is 0.266 e. The Morgan fingerprint density at radius 3 is 2.48 bits per heavy atom. The molecule has 0 spiro atoms. The molecule has 1 N–H and O–H groups in total. The molecule has 0 fully saturated rings. The summed E-state index contributed by atoms with van der Waals surface area (Å²) >= 11 is 0. The van der Waals surface area contributed by atoms with Gasteiger partial charge in [0, 0.05) is 11.3 Å². The Labute approximate surface area is 171 Å². The molecule has 0 aliphatic rings. The molecule has 3 rings (SSSR count). The Hall–Kier alpha value is -3.84. The summed E-state index contributed by atoms with van der Waals surface area (Å²) < 4.78 is 5.95. The zero-order valence-electron chi connectivity index (χ0n) is 16.5. The summed E-state index contributed by atoms with van der Waals surface area (Å²) in [5, 5.41) is 12.2. The summed E-state index contributed by atoms with van der Waals surface area (Å²) in [6.45, 7) is 4.41. The van der Waals surface area contributed by atoms with E-state index >= 15 is 0 Å². The highest BCUT2D eigenvalue weighted by Crippen LogP contribution is 2.23. The fourth-order valence-corrected chi connectivity index (χ4v) is 2.83. The summed E-state index contributed by atoms with van der Waals surface area (Å²) in [5.41, 5.74) is 4.65. The topological polar surface area (TPSA) is 62.1 Å². The molecule has 144 valence electrons. The Bertz CT molecular complexity index is 1080. The van der Waals surface area contributed by atoms with E-state index in [0.29, 0.717) is 23.6 Å². The first-order valence-corrected chi connectivity index (χ1v) is 9.32. The minimum atomic E-state index is -0.454. The Balaban J connectivity index is 1.77. The molecule has 0 heterocycles. The number of carbonyl (C=O) groups excluding carboxylic acids is 1. The first-order valence-electron chi connectivity index (χ1n) is 9.32. The molecule has 1 amide bonds. The summed E-state index contributed by atoms with van der Waals surface area (Å²) in [5.74, 6) is 0.162. The van der Waals surface area contributed by atoms with E-state index in [4.69, 9.17) is 4.74 Å². The minimum Gasteiger partial charge on any atom is -0.488 e. The molecule has 3 aromatic rings. The van der Waals surface area contributed by atoms with Gasteiger partial charge in [0.2, 0.25) is 0 Å². The lowest BCUT2D eigenvalue weighted by atomic mass is 10.1. The van der Waals surface area contributed by atoms with E-state index < -0.39 is 5.91 Å². The highest BCUT2D eigenvalue weighted by Gasteiger charge is 2.11. The van der Waals surface area contributed by atoms with Gasteiger partial charge in [-0.3, -0.25) is 4.79 Å². The van der Waals surface area contributed by atoms with Crippen LogP contribution in [0.2, 0.25) is 0 Å². The van der Waals surface area contributed by atoms with Crippen molar-refractivity contribution in [3.63, 3.8) is 0 Å². The number of hydrogen-bond donors (Lipinski definition) is 1. The third-order valence-electron chi connectivity index (χ3n) is 4.37. The normalized spacial score (nSPS) is 10.9. The Morgan fingerprint density at radius 1 is 1.00 bits per heavy atom. The molecule has 0 aromatic heterocycles. The van der Waals surface area contributed by atoms with E-state index in [2.05, 4.69) is 11.4 Å². The van der Waals surface area contributed by atoms with Gasteiger partial charge in [0.25, 0.3) is 5.91 Å². The van der Waals surface area contributed by atoms with E-state index in [1.54, 1.807) is 18.2 Å². The SMILES string of the molecule is Cc1ccc(NC(=O)/C(C#N)=C\c2ccccc2OCc2cccc(C)c2)cc1. The number of nitriles is 1. The van der Waals surface area contributed by atoms with Gasteiger partial charge in [0.05, 0.1) is 0 Å². The van der Waals surface area contributed by atoms with Crippen LogP contribution in [0.3, 0.4) is 0 Å². The van der Waals surface area contributed by atoms with Crippen molar-refractivity contribution in [3.8, 4) is 11.8 Å². The van der Waals surface area contributed by atoms with Crippen LogP contribution in [0, 0.1) is 25.2 Å². The van der Waals surface area contributed by atoms with Crippen molar-refractivity contribution in [2.45, 2.75) is 20.5 Å². The number of para-hydroxylation sites is 1. The van der Waals surface area contributed by atoms with Gasteiger partial charge < -0.3 is 10.1 Å². The molecule has 0 bridgehead atoms. The van der Waals surface area contributed by atoms with Gasteiger partial charge in [-0.25, -0.2) is 0 Å². The fourth-order valence-electron chi connectivity index (χ4n) is 2.83. The van der Waals surface area contributed by atoms with E-state index in [0.717, 1.165) is 11.1 Å². The molecule has 4 heteroatoms. The van der Waals surface area contributed by atoms with Crippen LogP contribution >= 0.6 is 0 Å². The second-order valence-corrected chi connectivity index (χ2v) is 6.81. The average Bonchev–Trinajstić information content (AvgIpc) is 2.73. The van der Waals surface area contributed by atoms with Crippen molar-refractivity contribution < 1.29 is 9.53 Å².